The van der Waals surface area contributed by atoms with E-state index >= 15 is 0 Å². The molecule has 0 radical (unpaired) electrons. The summed E-state index contributed by atoms with van der Waals surface area (Å²) in [5.74, 6) is 2.07. The van der Waals surface area contributed by atoms with E-state index in [0.717, 1.165) is 51.4 Å². The molecule has 208 valence electrons. The molecular weight excluding hydrogens is 484 g/mol. The van der Waals surface area contributed by atoms with E-state index < -0.39 is 0 Å². The number of allylic oxidation sites excluding steroid dienone is 2. The Bertz CT molecular complexity index is 1000. The van der Waals surface area contributed by atoms with Crippen LogP contribution in [0, 0.1) is 56.7 Å². The molecule has 5 heteroatoms. The van der Waals surface area contributed by atoms with Crippen molar-refractivity contribution in [3.05, 3.63) is 11.6 Å². The first-order chi connectivity index (χ1) is 17.1. The van der Waals surface area contributed by atoms with Gasteiger partial charge in [-0.1, -0.05) is 60.1 Å². The van der Waals surface area contributed by atoms with Gasteiger partial charge in [-0.15, -0.1) is 0 Å². The quantitative estimate of drug-likeness (QED) is 0.159. The molecule has 0 amide bonds. The number of carbonyl (C=O) groups is 2. The third kappa shape index (κ3) is 3.63. The summed E-state index contributed by atoms with van der Waals surface area (Å²) in [5.41, 5.74) is 1.58. The average Bonchev–Trinajstić information content (AvgIpc) is 2.80. The minimum Gasteiger partial charge on any atom is -0.298 e. The van der Waals surface area contributed by atoms with Gasteiger partial charge in [0.15, 0.2) is 0 Å². The topological polar surface area (TPSA) is 52.6 Å². The highest BCUT2D eigenvalue weighted by atomic mass is 35.5. The van der Waals surface area contributed by atoms with Gasteiger partial charge in [0.2, 0.25) is 5.24 Å². The van der Waals surface area contributed by atoms with E-state index in [9.17, 15) is 9.59 Å². The number of rotatable bonds is 3. The fraction of sp³-hybridized carbons (Fsp3) is 0.875. The molecule has 0 aromatic carbocycles. The molecule has 5 aliphatic rings. The lowest BCUT2D eigenvalue weighted by Gasteiger charge is -2.71. The first kappa shape index (κ1) is 27.7. The van der Waals surface area contributed by atoms with Crippen molar-refractivity contribution in [1.82, 2.24) is 0 Å². The summed E-state index contributed by atoms with van der Waals surface area (Å²) in [6, 6.07) is 0. The van der Waals surface area contributed by atoms with Gasteiger partial charge in [-0.25, -0.2) is 4.79 Å². The second-order valence-electron chi connectivity index (χ2n) is 15.1. The van der Waals surface area contributed by atoms with Crippen LogP contribution < -0.4 is 0 Å². The van der Waals surface area contributed by atoms with Gasteiger partial charge in [0.25, 0.3) is 0 Å². The van der Waals surface area contributed by atoms with Crippen LogP contribution in [0.15, 0.2) is 11.6 Å². The van der Waals surface area contributed by atoms with Crippen molar-refractivity contribution in [1.29, 1.82) is 0 Å². The van der Waals surface area contributed by atoms with Gasteiger partial charge in [0, 0.05) is 6.92 Å². The summed E-state index contributed by atoms with van der Waals surface area (Å²) >= 11 is 6.48. The Labute approximate surface area is 229 Å². The monoisotopic (exact) mass is 532 g/mol. The van der Waals surface area contributed by atoms with E-state index in [1.54, 1.807) is 5.57 Å². The number of halogens is 1. The highest BCUT2D eigenvalue weighted by Crippen LogP contribution is 2.76. The van der Waals surface area contributed by atoms with Crippen LogP contribution in [0.3, 0.4) is 0 Å². The summed E-state index contributed by atoms with van der Waals surface area (Å²) in [6.45, 7) is 18.5. The van der Waals surface area contributed by atoms with Crippen LogP contribution >= 0.6 is 11.6 Å². The van der Waals surface area contributed by atoms with Crippen LogP contribution in [-0.4, -0.2) is 17.3 Å². The molecule has 0 bridgehead atoms. The van der Waals surface area contributed by atoms with Gasteiger partial charge >= 0.3 is 5.97 Å². The number of hydrogen-bond donors (Lipinski definition) is 0. The summed E-state index contributed by atoms with van der Waals surface area (Å²) in [6.07, 6.45) is 12.0. The largest absolute Gasteiger partial charge is 0.339 e. The zero-order chi connectivity index (χ0) is 27.2. The molecule has 4 saturated carbocycles. The molecule has 37 heavy (non-hydrogen) atoms. The van der Waals surface area contributed by atoms with Crippen molar-refractivity contribution >= 4 is 22.8 Å². The third-order valence-electron chi connectivity index (χ3n) is 13.6. The maximum atomic E-state index is 13.1. The van der Waals surface area contributed by atoms with E-state index in [1.165, 1.54) is 13.3 Å². The van der Waals surface area contributed by atoms with E-state index in [1.807, 2.05) is 0 Å². The zero-order valence-corrected chi connectivity index (χ0v) is 25.2. The highest BCUT2D eigenvalue weighted by molar-refractivity contribution is 6.64. The maximum absolute atomic E-state index is 13.1. The van der Waals surface area contributed by atoms with Gasteiger partial charge in [-0.3, -0.25) is 9.68 Å². The minimum absolute atomic E-state index is 0.0706. The van der Waals surface area contributed by atoms with Gasteiger partial charge < -0.3 is 0 Å². The summed E-state index contributed by atoms with van der Waals surface area (Å²) in [5, 5.41) is -0.0880. The Morgan fingerprint density at radius 1 is 0.919 bits per heavy atom. The van der Waals surface area contributed by atoms with Crippen molar-refractivity contribution in [2.45, 2.75) is 119 Å². The lowest BCUT2D eigenvalue weighted by Crippen LogP contribution is -2.65. The zero-order valence-electron chi connectivity index (χ0n) is 24.4. The Kier molecular flexibility index (Phi) is 6.60. The summed E-state index contributed by atoms with van der Waals surface area (Å²) in [4.78, 5) is 35.3. The number of fused-ring (bicyclic) bond motifs is 7. The van der Waals surface area contributed by atoms with Crippen molar-refractivity contribution in [3.63, 3.8) is 0 Å². The maximum Gasteiger partial charge on any atom is 0.339 e. The summed E-state index contributed by atoms with van der Waals surface area (Å²) in [7, 11) is 0. The molecule has 5 rings (SSSR count). The predicted octanol–water partition coefficient (Wildman–Crippen LogP) is 8.27. The lowest BCUT2D eigenvalue weighted by atomic mass is 9.33. The Hall–Kier alpha value is -0.870. The van der Waals surface area contributed by atoms with Gasteiger partial charge in [-0.2, -0.15) is 4.89 Å². The van der Waals surface area contributed by atoms with Crippen molar-refractivity contribution in [3.8, 4) is 0 Å². The minimum atomic E-state index is -0.381. The van der Waals surface area contributed by atoms with Gasteiger partial charge in [0.05, 0.1) is 5.41 Å². The molecule has 0 heterocycles. The van der Waals surface area contributed by atoms with Crippen LogP contribution in [0.4, 0.5) is 0 Å². The smallest absolute Gasteiger partial charge is 0.298 e. The molecule has 0 saturated heterocycles. The van der Waals surface area contributed by atoms with E-state index in [0.29, 0.717) is 23.7 Å². The fourth-order valence-corrected chi connectivity index (χ4v) is 11.4. The molecule has 0 unspecified atom stereocenters. The molecular formula is C32H49ClO4. The molecule has 0 N–H and O–H groups in total. The van der Waals surface area contributed by atoms with Gasteiger partial charge in [0.1, 0.15) is 6.10 Å². The van der Waals surface area contributed by atoms with Crippen LogP contribution in [-0.2, 0) is 19.4 Å². The van der Waals surface area contributed by atoms with E-state index in [4.69, 9.17) is 21.4 Å². The molecule has 0 aromatic rings. The molecule has 5 aliphatic carbocycles. The lowest BCUT2D eigenvalue weighted by molar-refractivity contribution is -0.336. The second-order valence-corrected chi connectivity index (χ2v) is 15.4. The van der Waals surface area contributed by atoms with E-state index in [-0.39, 0.29) is 50.3 Å². The van der Waals surface area contributed by atoms with Gasteiger partial charge in [-0.05, 0) is 121 Å². The van der Waals surface area contributed by atoms with Crippen molar-refractivity contribution < 1.29 is 19.4 Å². The predicted molar refractivity (Wildman–Crippen MR) is 146 cm³/mol. The molecule has 0 aliphatic heterocycles. The summed E-state index contributed by atoms with van der Waals surface area (Å²) < 4.78 is 0. The third-order valence-corrected chi connectivity index (χ3v) is 14.0. The van der Waals surface area contributed by atoms with Crippen LogP contribution in [0.25, 0.3) is 0 Å². The standard InChI is InChI=1S/C32H49ClO4/c1-19-11-16-32(27(33)35)18-17-30(7)22(26(32)20(19)2)9-10-24-29(6)14-13-25(37-36-21(3)34)28(4,5)23(29)12-15-31(24,30)8/h9,19-20,23-26H,10-18H2,1-8H3/t19-,20+,23+,24-,25+,26+,29+,30-,31-,32+/m1/s1. The fourth-order valence-electron chi connectivity index (χ4n) is 11.1. The van der Waals surface area contributed by atoms with Crippen LogP contribution in [0.1, 0.15) is 113 Å². The molecule has 4 fully saturated rings. The van der Waals surface area contributed by atoms with Crippen molar-refractivity contribution in [2.24, 2.45) is 56.7 Å². The Morgan fingerprint density at radius 3 is 2.27 bits per heavy atom. The highest BCUT2D eigenvalue weighted by Gasteiger charge is 2.69. The molecule has 0 spiro atoms. The first-order valence-electron chi connectivity index (χ1n) is 14.9. The molecule has 4 nitrogen and oxygen atoms in total. The molecule has 10 atom stereocenters. The number of carbonyl (C=O) groups excluding carboxylic acids is 2. The van der Waals surface area contributed by atoms with Crippen molar-refractivity contribution in [2.75, 3.05) is 0 Å². The molecule has 0 aromatic heterocycles. The first-order valence-corrected chi connectivity index (χ1v) is 15.3. The van der Waals surface area contributed by atoms with Crippen LogP contribution in [0.5, 0.6) is 0 Å². The van der Waals surface area contributed by atoms with Crippen LogP contribution in [0.2, 0.25) is 0 Å². The second kappa shape index (κ2) is 8.82. The van der Waals surface area contributed by atoms with E-state index in [2.05, 4.69) is 54.5 Å². The normalized spacial score (nSPS) is 50.5. The number of hydrogen-bond acceptors (Lipinski definition) is 4. The average molecular weight is 533 g/mol. The Morgan fingerprint density at radius 2 is 1.62 bits per heavy atom. The SMILES string of the molecule is CC(=O)OO[C@H]1CC[C@]2(C)[C@H]3CC=C4[C@@H]5[C@@H](C)[C@H](C)CC[C@]5(C(=O)Cl)CC[C@@]4(C)[C@]3(C)CC[C@H]2C1(C)C. The Balaban J connectivity index is 1.53.